The predicted molar refractivity (Wildman–Crippen MR) is 197 cm³/mol. The van der Waals surface area contributed by atoms with Crippen LogP contribution in [0.2, 0.25) is 5.02 Å². The van der Waals surface area contributed by atoms with E-state index in [1.165, 1.54) is 17.5 Å². The van der Waals surface area contributed by atoms with Crippen LogP contribution in [0.4, 0.5) is 17.1 Å². The van der Waals surface area contributed by atoms with E-state index in [0.717, 1.165) is 92.2 Å². The van der Waals surface area contributed by atoms with Crippen LogP contribution < -0.4 is 10.6 Å². The molecule has 5 aromatic rings. The molecule has 7 rings (SSSR count). The van der Waals surface area contributed by atoms with Crippen molar-refractivity contribution in [2.75, 3.05) is 56.4 Å². The fourth-order valence-corrected chi connectivity index (χ4v) is 7.32. The molecular formula is C40H43ClN6O. The highest BCUT2D eigenvalue weighted by atomic mass is 35.5. The number of rotatable bonds is 10. The molecule has 2 N–H and O–H groups in total. The van der Waals surface area contributed by atoms with Gasteiger partial charge in [0.05, 0.1) is 18.1 Å². The first-order chi connectivity index (χ1) is 23.6. The minimum Gasteiger partial charge on any atom is -0.355 e. The Morgan fingerprint density at radius 1 is 0.729 bits per heavy atom. The number of carbonyl (C=O) groups is 1. The van der Waals surface area contributed by atoms with Gasteiger partial charge in [0.25, 0.3) is 0 Å². The molecule has 7 nitrogen and oxygen atoms in total. The molecule has 0 atom stereocenters. The monoisotopic (exact) mass is 658 g/mol. The summed E-state index contributed by atoms with van der Waals surface area (Å²) in [7, 11) is 0. The molecule has 2 fully saturated rings. The van der Waals surface area contributed by atoms with Crippen molar-refractivity contribution in [1.29, 1.82) is 0 Å². The summed E-state index contributed by atoms with van der Waals surface area (Å²) in [6.45, 7) is 7.05. The van der Waals surface area contributed by atoms with Crippen molar-refractivity contribution >= 4 is 45.5 Å². The topological polar surface area (TPSA) is 63.7 Å². The summed E-state index contributed by atoms with van der Waals surface area (Å²) < 4.78 is 0. The van der Waals surface area contributed by atoms with Crippen molar-refractivity contribution in [3.63, 3.8) is 0 Å². The van der Waals surface area contributed by atoms with Gasteiger partial charge in [-0.05, 0) is 85.1 Å². The second-order valence-corrected chi connectivity index (χ2v) is 13.4. The standard InChI is InChI=1S/C40H43ClN6O/c41-33-14-15-36-37(16-17-42-38(36)26-33)43-34-24-30(25-35(27-34)44-39(48)29-45-18-8-3-9-19-45)28-46-20-22-47(23-21-46)40(31-10-4-1-5-11-31)32-12-6-2-7-13-32/h1-2,4-7,10-17,24-27,40H,3,8-9,18-23,28-29H2,(H,42,43)(H,44,48). The Morgan fingerprint density at radius 3 is 2.12 bits per heavy atom. The average molecular weight is 659 g/mol. The Balaban J connectivity index is 1.09. The Morgan fingerprint density at radius 2 is 1.42 bits per heavy atom. The molecule has 3 heterocycles. The first-order valence-electron chi connectivity index (χ1n) is 17.1. The van der Waals surface area contributed by atoms with E-state index < -0.39 is 0 Å². The molecule has 0 bridgehead atoms. The second kappa shape index (κ2) is 15.3. The number of halogens is 1. The third-order valence-corrected chi connectivity index (χ3v) is 9.72. The van der Waals surface area contributed by atoms with Gasteiger partial charge in [0.2, 0.25) is 5.91 Å². The van der Waals surface area contributed by atoms with Crippen LogP contribution in [0.15, 0.2) is 109 Å². The summed E-state index contributed by atoms with van der Waals surface area (Å²) in [5.74, 6) is 0.0329. The lowest BCUT2D eigenvalue weighted by Gasteiger charge is -2.40. The SMILES string of the molecule is O=C(CN1CCCCC1)Nc1cc(CN2CCN(C(c3ccccc3)c3ccccc3)CC2)cc(Nc2ccnc3cc(Cl)ccc23)c1. The molecule has 48 heavy (non-hydrogen) atoms. The number of carbonyl (C=O) groups excluding carboxylic acids is 1. The van der Waals surface area contributed by atoms with Crippen molar-refractivity contribution in [3.05, 3.63) is 131 Å². The van der Waals surface area contributed by atoms with Crippen LogP contribution in [0.25, 0.3) is 10.9 Å². The maximum absolute atomic E-state index is 13.2. The molecule has 0 aliphatic carbocycles. The molecule has 2 saturated heterocycles. The summed E-state index contributed by atoms with van der Waals surface area (Å²) in [4.78, 5) is 25.1. The molecule has 0 radical (unpaired) electrons. The number of aromatic nitrogens is 1. The smallest absolute Gasteiger partial charge is 0.238 e. The van der Waals surface area contributed by atoms with Gasteiger partial charge >= 0.3 is 0 Å². The maximum atomic E-state index is 13.2. The quantitative estimate of drug-likeness (QED) is 0.159. The summed E-state index contributed by atoms with van der Waals surface area (Å²) in [5, 5.41) is 8.49. The predicted octanol–water partition coefficient (Wildman–Crippen LogP) is 7.96. The van der Waals surface area contributed by atoms with Crippen molar-refractivity contribution in [1.82, 2.24) is 19.7 Å². The highest BCUT2D eigenvalue weighted by Gasteiger charge is 2.26. The van der Waals surface area contributed by atoms with Gasteiger partial charge in [-0.15, -0.1) is 0 Å². The average Bonchev–Trinajstić information content (AvgIpc) is 3.10. The number of likely N-dealkylation sites (tertiary alicyclic amines) is 1. The first kappa shape index (κ1) is 32.3. The van der Waals surface area contributed by atoms with Gasteiger partial charge in [-0.25, -0.2) is 0 Å². The molecule has 4 aromatic carbocycles. The highest BCUT2D eigenvalue weighted by molar-refractivity contribution is 6.31. The number of benzene rings is 4. The van der Waals surface area contributed by atoms with Crippen LogP contribution in [0, 0.1) is 0 Å². The van der Waals surface area contributed by atoms with E-state index in [0.29, 0.717) is 11.6 Å². The molecular weight excluding hydrogens is 616 g/mol. The summed E-state index contributed by atoms with van der Waals surface area (Å²) in [5.41, 5.74) is 7.33. The van der Waals surface area contributed by atoms with Crippen molar-refractivity contribution in [2.24, 2.45) is 0 Å². The molecule has 1 aromatic heterocycles. The van der Waals surface area contributed by atoms with E-state index in [1.807, 2.05) is 30.3 Å². The van der Waals surface area contributed by atoms with E-state index in [2.05, 4.69) is 103 Å². The molecule has 8 heteroatoms. The van der Waals surface area contributed by atoms with Crippen molar-refractivity contribution in [2.45, 2.75) is 31.8 Å². The van der Waals surface area contributed by atoms with Gasteiger partial charge in [0, 0.05) is 66.4 Å². The van der Waals surface area contributed by atoms with E-state index in [4.69, 9.17) is 11.6 Å². The van der Waals surface area contributed by atoms with Crippen LogP contribution in [-0.2, 0) is 11.3 Å². The van der Waals surface area contributed by atoms with Crippen molar-refractivity contribution in [3.8, 4) is 0 Å². The Labute approximate surface area is 288 Å². The van der Waals surface area contributed by atoms with Crippen LogP contribution in [-0.4, -0.2) is 71.4 Å². The number of piperazine rings is 1. The number of hydrogen-bond acceptors (Lipinski definition) is 6. The zero-order valence-corrected chi connectivity index (χ0v) is 28.1. The van der Waals surface area contributed by atoms with Gasteiger partial charge in [0.1, 0.15) is 0 Å². The van der Waals surface area contributed by atoms with Crippen LogP contribution in [0.1, 0.15) is 42.0 Å². The number of fused-ring (bicyclic) bond motifs is 1. The number of pyridine rings is 1. The third kappa shape index (κ3) is 8.05. The lowest BCUT2D eigenvalue weighted by Crippen LogP contribution is -2.47. The Hall–Kier alpha value is -4.27. The lowest BCUT2D eigenvalue weighted by atomic mass is 9.96. The molecule has 0 saturated carbocycles. The third-order valence-electron chi connectivity index (χ3n) is 9.49. The van der Waals surface area contributed by atoms with Crippen LogP contribution in [0.5, 0.6) is 0 Å². The zero-order chi connectivity index (χ0) is 32.7. The maximum Gasteiger partial charge on any atom is 0.238 e. The normalized spacial score (nSPS) is 16.3. The van der Waals surface area contributed by atoms with Crippen LogP contribution in [0.3, 0.4) is 0 Å². The fraction of sp³-hybridized carbons (Fsp3) is 0.300. The number of hydrogen-bond donors (Lipinski definition) is 2. The van der Waals surface area contributed by atoms with Gasteiger partial charge in [-0.1, -0.05) is 78.7 Å². The van der Waals surface area contributed by atoms with Gasteiger partial charge in [-0.2, -0.15) is 0 Å². The van der Waals surface area contributed by atoms with E-state index in [9.17, 15) is 4.79 Å². The minimum absolute atomic E-state index is 0.0329. The number of anilines is 3. The Bertz CT molecular complexity index is 1780. The van der Waals surface area contributed by atoms with E-state index in [-0.39, 0.29) is 11.9 Å². The number of nitrogens with one attached hydrogen (secondary N) is 2. The summed E-state index contributed by atoms with van der Waals surface area (Å²) >= 11 is 6.26. The highest BCUT2D eigenvalue weighted by Crippen LogP contribution is 2.32. The van der Waals surface area contributed by atoms with Gasteiger partial charge < -0.3 is 10.6 Å². The minimum atomic E-state index is 0.0329. The molecule has 1 amide bonds. The largest absolute Gasteiger partial charge is 0.355 e. The fourth-order valence-electron chi connectivity index (χ4n) is 7.16. The number of nitrogens with zero attached hydrogens (tertiary/aromatic N) is 4. The Kier molecular flexibility index (Phi) is 10.3. The summed E-state index contributed by atoms with van der Waals surface area (Å²) in [6, 6.07) is 36.0. The molecule has 246 valence electrons. The lowest BCUT2D eigenvalue weighted by molar-refractivity contribution is -0.117. The molecule has 0 unspecified atom stereocenters. The summed E-state index contributed by atoms with van der Waals surface area (Å²) in [6.07, 6.45) is 5.36. The number of amides is 1. The molecule has 0 spiro atoms. The first-order valence-corrected chi connectivity index (χ1v) is 17.5. The molecule has 2 aliphatic heterocycles. The molecule has 2 aliphatic rings. The van der Waals surface area contributed by atoms with E-state index >= 15 is 0 Å². The zero-order valence-electron chi connectivity index (χ0n) is 27.3. The van der Waals surface area contributed by atoms with Crippen molar-refractivity contribution < 1.29 is 4.79 Å². The van der Waals surface area contributed by atoms with Gasteiger partial charge in [-0.3, -0.25) is 24.5 Å². The number of piperidine rings is 1. The van der Waals surface area contributed by atoms with Gasteiger partial charge in [0.15, 0.2) is 0 Å². The van der Waals surface area contributed by atoms with E-state index in [1.54, 1.807) is 6.20 Å². The van der Waals surface area contributed by atoms with Crippen LogP contribution >= 0.6 is 11.6 Å². The second-order valence-electron chi connectivity index (χ2n) is 13.0.